The van der Waals surface area contributed by atoms with Crippen molar-refractivity contribution in [2.75, 3.05) is 5.84 Å². The molecule has 0 unspecified atom stereocenters. The van der Waals surface area contributed by atoms with E-state index in [-0.39, 0.29) is 0 Å². The van der Waals surface area contributed by atoms with Crippen LogP contribution in [0.15, 0.2) is 47.6 Å². The molecule has 0 radical (unpaired) electrons. The zero-order valence-electron chi connectivity index (χ0n) is 12.0. The fourth-order valence-corrected chi connectivity index (χ4v) is 3.78. The van der Waals surface area contributed by atoms with Gasteiger partial charge < -0.3 is 10.9 Å². The van der Waals surface area contributed by atoms with Crippen LogP contribution in [-0.2, 0) is 12.2 Å². The number of carboxylic acid groups (broad SMARTS) is 1. The van der Waals surface area contributed by atoms with E-state index in [0.29, 0.717) is 28.0 Å². The Labute approximate surface area is 140 Å². The van der Waals surface area contributed by atoms with Crippen molar-refractivity contribution in [2.24, 2.45) is 0 Å². The maximum atomic E-state index is 10.9. The first-order chi connectivity index (χ1) is 11.1. The van der Waals surface area contributed by atoms with Gasteiger partial charge >= 0.3 is 5.97 Å². The standard InChI is InChI=1S/C15H14N4O2S2/c16-19-13(8-10-4-2-1-3-5-10)17-18-15(19)22-9-11-6-7-12(23-11)14(20)21/h1-7H,8-9,16H2,(H,20,21). The third kappa shape index (κ3) is 3.72. The lowest BCUT2D eigenvalue weighted by atomic mass is 10.1. The molecule has 0 atom stereocenters. The first-order valence-corrected chi connectivity index (χ1v) is 8.62. The van der Waals surface area contributed by atoms with Gasteiger partial charge in [0, 0.05) is 17.1 Å². The van der Waals surface area contributed by atoms with Crippen molar-refractivity contribution in [1.29, 1.82) is 0 Å². The number of carboxylic acids is 1. The van der Waals surface area contributed by atoms with Crippen LogP contribution in [0.1, 0.15) is 25.9 Å². The van der Waals surface area contributed by atoms with Gasteiger partial charge in [0.1, 0.15) is 4.88 Å². The van der Waals surface area contributed by atoms with Crippen molar-refractivity contribution < 1.29 is 9.90 Å². The van der Waals surface area contributed by atoms with Crippen LogP contribution >= 0.6 is 23.1 Å². The van der Waals surface area contributed by atoms with Gasteiger partial charge in [-0.05, 0) is 17.7 Å². The minimum atomic E-state index is -0.904. The van der Waals surface area contributed by atoms with Crippen molar-refractivity contribution in [1.82, 2.24) is 14.9 Å². The predicted octanol–water partition coefficient (Wildman–Crippen LogP) is 2.63. The molecule has 0 aliphatic heterocycles. The number of nitrogens with two attached hydrogens (primary N) is 1. The van der Waals surface area contributed by atoms with Gasteiger partial charge in [-0.2, -0.15) is 0 Å². The van der Waals surface area contributed by atoms with E-state index in [1.54, 1.807) is 6.07 Å². The van der Waals surface area contributed by atoms with E-state index in [1.165, 1.54) is 27.8 Å². The molecule has 0 fully saturated rings. The van der Waals surface area contributed by atoms with Gasteiger partial charge in [-0.15, -0.1) is 21.5 Å². The number of thiophene rings is 1. The number of thioether (sulfide) groups is 1. The third-order valence-electron chi connectivity index (χ3n) is 3.16. The summed E-state index contributed by atoms with van der Waals surface area (Å²) in [7, 11) is 0. The Kier molecular flexibility index (Phi) is 4.63. The fourth-order valence-electron chi connectivity index (χ4n) is 2.01. The van der Waals surface area contributed by atoms with E-state index in [2.05, 4.69) is 10.2 Å². The topological polar surface area (TPSA) is 94.0 Å². The van der Waals surface area contributed by atoms with Crippen LogP contribution < -0.4 is 5.84 Å². The Morgan fingerprint density at radius 2 is 2.00 bits per heavy atom. The molecule has 3 rings (SSSR count). The van der Waals surface area contributed by atoms with Gasteiger partial charge in [0.15, 0.2) is 5.82 Å². The molecule has 0 amide bonds. The molecule has 3 N–H and O–H groups in total. The molecule has 0 aliphatic rings. The van der Waals surface area contributed by atoms with Gasteiger partial charge in [-0.3, -0.25) is 0 Å². The number of aromatic nitrogens is 3. The number of carbonyl (C=O) groups is 1. The average molecular weight is 346 g/mol. The summed E-state index contributed by atoms with van der Waals surface area (Å²) in [5.74, 6) is 6.45. The summed E-state index contributed by atoms with van der Waals surface area (Å²) in [5.41, 5.74) is 1.12. The Morgan fingerprint density at radius 3 is 2.70 bits per heavy atom. The number of hydrogen-bond donors (Lipinski definition) is 2. The van der Waals surface area contributed by atoms with E-state index in [4.69, 9.17) is 10.9 Å². The lowest BCUT2D eigenvalue weighted by molar-refractivity contribution is 0.0702. The Hall–Kier alpha value is -2.32. The van der Waals surface area contributed by atoms with Crippen LogP contribution in [-0.4, -0.2) is 25.9 Å². The van der Waals surface area contributed by atoms with Crippen LogP contribution in [0.25, 0.3) is 0 Å². The van der Waals surface area contributed by atoms with E-state index >= 15 is 0 Å². The van der Waals surface area contributed by atoms with Gasteiger partial charge in [0.25, 0.3) is 0 Å². The molecule has 3 aromatic rings. The number of rotatable bonds is 6. The SMILES string of the molecule is Nn1c(Cc2ccccc2)nnc1SCc1ccc(C(=O)O)s1. The van der Waals surface area contributed by atoms with Crippen LogP contribution in [0.2, 0.25) is 0 Å². The zero-order chi connectivity index (χ0) is 16.2. The average Bonchev–Trinajstić information content (AvgIpc) is 3.15. The summed E-state index contributed by atoms with van der Waals surface area (Å²) in [4.78, 5) is 12.2. The van der Waals surface area contributed by atoms with Crippen molar-refractivity contribution in [3.8, 4) is 0 Å². The first-order valence-electron chi connectivity index (χ1n) is 6.81. The summed E-state index contributed by atoms with van der Waals surface area (Å²) in [6.07, 6.45) is 0.618. The van der Waals surface area contributed by atoms with Crippen molar-refractivity contribution in [3.63, 3.8) is 0 Å². The number of nitrogen functional groups attached to an aromatic ring is 1. The monoisotopic (exact) mass is 346 g/mol. The minimum Gasteiger partial charge on any atom is -0.477 e. The first kappa shape index (κ1) is 15.6. The molecular weight excluding hydrogens is 332 g/mol. The second-order valence-electron chi connectivity index (χ2n) is 4.79. The molecule has 2 heterocycles. The summed E-state index contributed by atoms with van der Waals surface area (Å²) in [6, 6.07) is 13.4. The lowest BCUT2D eigenvalue weighted by Gasteiger charge is -2.03. The molecule has 6 nitrogen and oxygen atoms in total. The van der Waals surface area contributed by atoms with Gasteiger partial charge in [0.05, 0.1) is 0 Å². The normalized spacial score (nSPS) is 10.8. The zero-order valence-corrected chi connectivity index (χ0v) is 13.7. The van der Waals surface area contributed by atoms with E-state index in [0.717, 1.165) is 10.4 Å². The van der Waals surface area contributed by atoms with Crippen molar-refractivity contribution in [2.45, 2.75) is 17.3 Å². The number of aromatic carboxylic acids is 1. The molecule has 0 aliphatic carbocycles. The van der Waals surface area contributed by atoms with Crippen molar-refractivity contribution >= 4 is 29.1 Å². The molecule has 0 saturated carbocycles. The van der Waals surface area contributed by atoms with Crippen LogP contribution in [0.5, 0.6) is 0 Å². The summed E-state index contributed by atoms with van der Waals surface area (Å²) in [5, 5.41) is 17.8. The highest BCUT2D eigenvalue weighted by molar-refractivity contribution is 7.98. The highest BCUT2D eigenvalue weighted by Crippen LogP contribution is 2.25. The predicted molar refractivity (Wildman–Crippen MR) is 90.3 cm³/mol. The van der Waals surface area contributed by atoms with E-state index in [9.17, 15) is 4.79 Å². The smallest absolute Gasteiger partial charge is 0.345 e. The molecule has 2 aromatic heterocycles. The largest absolute Gasteiger partial charge is 0.477 e. The maximum Gasteiger partial charge on any atom is 0.345 e. The molecule has 118 valence electrons. The molecule has 8 heteroatoms. The Morgan fingerprint density at radius 1 is 1.22 bits per heavy atom. The summed E-state index contributed by atoms with van der Waals surface area (Å²) < 4.78 is 1.49. The molecule has 1 aromatic carbocycles. The highest BCUT2D eigenvalue weighted by Gasteiger charge is 2.12. The summed E-state index contributed by atoms with van der Waals surface area (Å²) in [6.45, 7) is 0. The molecule has 0 saturated heterocycles. The molecular formula is C15H14N4O2S2. The maximum absolute atomic E-state index is 10.9. The number of benzene rings is 1. The van der Waals surface area contributed by atoms with Crippen molar-refractivity contribution in [3.05, 3.63) is 63.6 Å². The molecule has 0 spiro atoms. The second-order valence-corrected chi connectivity index (χ2v) is 6.90. The second kappa shape index (κ2) is 6.84. The van der Waals surface area contributed by atoms with E-state index in [1.807, 2.05) is 36.4 Å². The Bertz CT molecular complexity index is 814. The summed E-state index contributed by atoms with van der Waals surface area (Å²) >= 11 is 2.70. The van der Waals surface area contributed by atoms with Gasteiger partial charge in [-0.25, -0.2) is 9.47 Å². The van der Waals surface area contributed by atoms with Crippen LogP contribution in [0.4, 0.5) is 0 Å². The highest BCUT2D eigenvalue weighted by atomic mass is 32.2. The number of hydrogen-bond acceptors (Lipinski definition) is 6. The van der Waals surface area contributed by atoms with E-state index < -0.39 is 5.97 Å². The van der Waals surface area contributed by atoms with Gasteiger partial charge in [0.2, 0.25) is 5.16 Å². The molecule has 0 bridgehead atoms. The lowest BCUT2D eigenvalue weighted by Crippen LogP contribution is -2.14. The fraction of sp³-hybridized carbons (Fsp3) is 0.133. The minimum absolute atomic E-state index is 0.333. The van der Waals surface area contributed by atoms with Crippen LogP contribution in [0, 0.1) is 0 Å². The Balaban J connectivity index is 1.66. The van der Waals surface area contributed by atoms with Crippen LogP contribution in [0.3, 0.4) is 0 Å². The third-order valence-corrected chi connectivity index (χ3v) is 5.40. The molecule has 23 heavy (non-hydrogen) atoms. The number of nitrogens with zero attached hydrogens (tertiary/aromatic N) is 3. The van der Waals surface area contributed by atoms with Gasteiger partial charge in [-0.1, -0.05) is 42.1 Å². The quantitative estimate of drug-likeness (QED) is 0.526.